The lowest BCUT2D eigenvalue weighted by atomic mass is 9.96. The van der Waals surface area contributed by atoms with E-state index in [-0.39, 0.29) is 17.4 Å². The van der Waals surface area contributed by atoms with E-state index in [4.69, 9.17) is 4.42 Å². The van der Waals surface area contributed by atoms with Crippen LogP contribution in [-0.2, 0) is 11.3 Å². The van der Waals surface area contributed by atoms with E-state index in [1.165, 1.54) is 10.7 Å². The van der Waals surface area contributed by atoms with Crippen LogP contribution in [0.3, 0.4) is 0 Å². The minimum atomic E-state index is -0.189. The SMILES string of the molecule is O=C(NCCn1nc(-c2ccccc2)ccc1=O)C1CCN(c2ccc(-c3ccco3)nn2)CC1. The third-order valence-electron chi connectivity index (χ3n) is 6.17. The second-order valence-electron chi connectivity index (χ2n) is 8.45. The van der Waals surface area contributed by atoms with Crippen LogP contribution in [0.1, 0.15) is 12.8 Å². The number of anilines is 1. The first-order chi connectivity index (χ1) is 17.2. The van der Waals surface area contributed by atoms with Crippen molar-refractivity contribution in [3.05, 3.63) is 83.3 Å². The number of carbonyl (C=O) groups is 1. The van der Waals surface area contributed by atoms with Crippen LogP contribution in [0, 0.1) is 5.92 Å². The number of aromatic nitrogens is 4. The van der Waals surface area contributed by atoms with Crippen molar-refractivity contribution >= 4 is 11.7 Å². The van der Waals surface area contributed by atoms with Gasteiger partial charge in [0.2, 0.25) is 5.91 Å². The highest BCUT2D eigenvalue weighted by molar-refractivity contribution is 5.79. The van der Waals surface area contributed by atoms with Gasteiger partial charge in [-0.3, -0.25) is 9.59 Å². The molecule has 1 aliphatic rings. The molecule has 1 saturated heterocycles. The number of hydrogen-bond acceptors (Lipinski definition) is 7. The van der Waals surface area contributed by atoms with Gasteiger partial charge in [-0.1, -0.05) is 30.3 Å². The van der Waals surface area contributed by atoms with Crippen LogP contribution in [0.15, 0.2) is 82.2 Å². The number of nitrogens with zero attached hydrogens (tertiary/aromatic N) is 5. The predicted octanol–water partition coefficient (Wildman–Crippen LogP) is 2.99. The van der Waals surface area contributed by atoms with Gasteiger partial charge in [0.1, 0.15) is 5.69 Å². The fourth-order valence-corrected chi connectivity index (χ4v) is 4.22. The van der Waals surface area contributed by atoms with Crippen molar-refractivity contribution in [2.24, 2.45) is 5.92 Å². The second-order valence-corrected chi connectivity index (χ2v) is 8.45. The number of hydrogen-bond donors (Lipinski definition) is 1. The number of furan rings is 1. The predicted molar refractivity (Wildman–Crippen MR) is 132 cm³/mol. The van der Waals surface area contributed by atoms with Gasteiger partial charge < -0.3 is 14.6 Å². The van der Waals surface area contributed by atoms with E-state index in [0.717, 1.165) is 43.0 Å². The van der Waals surface area contributed by atoms with Gasteiger partial charge in [-0.05, 0) is 43.2 Å². The highest BCUT2D eigenvalue weighted by atomic mass is 16.3. The third kappa shape index (κ3) is 5.29. The smallest absolute Gasteiger partial charge is 0.266 e. The van der Waals surface area contributed by atoms with Crippen LogP contribution in [0.4, 0.5) is 5.82 Å². The van der Waals surface area contributed by atoms with Gasteiger partial charge in [-0.15, -0.1) is 10.2 Å². The molecular weight excluding hydrogens is 444 g/mol. The van der Waals surface area contributed by atoms with E-state index in [9.17, 15) is 9.59 Å². The van der Waals surface area contributed by atoms with Crippen LogP contribution in [0.25, 0.3) is 22.7 Å². The molecule has 5 rings (SSSR count). The van der Waals surface area contributed by atoms with E-state index in [1.807, 2.05) is 54.6 Å². The summed E-state index contributed by atoms with van der Waals surface area (Å²) < 4.78 is 6.75. The Morgan fingerprint density at radius 1 is 0.943 bits per heavy atom. The van der Waals surface area contributed by atoms with E-state index in [1.54, 1.807) is 12.3 Å². The Balaban J connectivity index is 1.11. The van der Waals surface area contributed by atoms with Gasteiger partial charge >= 0.3 is 0 Å². The van der Waals surface area contributed by atoms with E-state index < -0.39 is 0 Å². The van der Waals surface area contributed by atoms with Gasteiger partial charge in [0.15, 0.2) is 11.6 Å². The minimum Gasteiger partial charge on any atom is -0.463 e. The summed E-state index contributed by atoms with van der Waals surface area (Å²) in [6, 6.07) is 20.4. The molecule has 4 heterocycles. The van der Waals surface area contributed by atoms with Crippen LogP contribution >= 0.6 is 0 Å². The quantitative estimate of drug-likeness (QED) is 0.443. The molecule has 0 atom stereocenters. The molecule has 9 nitrogen and oxygen atoms in total. The summed E-state index contributed by atoms with van der Waals surface area (Å²) in [5.41, 5.74) is 2.17. The maximum absolute atomic E-state index is 12.7. The lowest BCUT2D eigenvalue weighted by molar-refractivity contribution is -0.125. The molecule has 0 radical (unpaired) electrons. The lowest BCUT2D eigenvalue weighted by Gasteiger charge is -2.31. The Bertz CT molecular complexity index is 1310. The Kier molecular flexibility index (Phi) is 6.65. The Hall–Kier alpha value is -4.27. The maximum Gasteiger partial charge on any atom is 0.266 e. The van der Waals surface area contributed by atoms with Crippen molar-refractivity contribution < 1.29 is 9.21 Å². The van der Waals surface area contributed by atoms with E-state index in [2.05, 4.69) is 25.5 Å². The number of carbonyl (C=O) groups excluding carboxylic acids is 1. The van der Waals surface area contributed by atoms with Gasteiger partial charge in [0, 0.05) is 37.2 Å². The molecule has 0 unspecified atom stereocenters. The highest BCUT2D eigenvalue weighted by Gasteiger charge is 2.25. The molecule has 1 aliphatic heterocycles. The Morgan fingerprint density at radius 3 is 2.46 bits per heavy atom. The fourth-order valence-electron chi connectivity index (χ4n) is 4.22. The zero-order valence-corrected chi connectivity index (χ0v) is 19.2. The van der Waals surface area contributed by atoms with Gasteiger partial charge in [-0.25, -0.2) is 4.68 Å². The summed E-state index contributed by atoms with van der Waals surface area (Å²) in [5.74, 6) is 1.42. The van der Waals surface area contributed by atoms with Crippen molar-refractivity contribution in [2.75, 3.05) is 24.5 Å². The van der Waals surface area contributed by atoms with Crippen molar-refractivity contribution in [1.29, 1.82) is 0 Å². The van der Waals surface area contributed by atoms with Crippen LogP contribution in [0.5, 0.6) is 0 Å². The molecular formula is C26H26N6O3. The van der Waals surface area contributed by atoms with Crippen molar-refractivity contribution in [1.82, 2.24) is 25.3 Å². The first kappa shape index (κ1) is 22.5. The molecule has 0 saturated carbocycles. The molecule has 9 heteroatoms. The van der Waals surface area contributed by atoms with Crippen molar-refractivity contribution in [3.63, 3.8) is 0 Å². The number of benzene rings is 1. The number of rotatable bonds is 7. The fraction of sp³-hybridized carbons (Fsp3) is 0.269. The zero-order valence-electron chi connectivity index (χ0n) is 19.2. The average molecular weight is 471 g/mol. The molecule has 1 N–H and O–H groups in total. The summed E-state index contributed by atoms with van der Waals surface area (Å²) in [6.45, 7) is 2.13. The number of piperidine rings is 1. The highest BCUT2D eigenvalue weighted by Crippen LogP contribution is 2.23. The molecule has 0 aliphatic carbocycles. The molecule has 1 aromatic carbocycles. The van der Waals surface area contributed by atoms with Crippen LogP contribution < -0.4 is 15.8 Å². The maximum atomic E-state index is 12.7. The first-order valence-corrected chi connectivity index (χ1v) is 11.7. The minimum absolute atomic E-state index is 0.0103. The van der Waals surface area contributed by atoms with Gasteiger partial charge in [0.25, 0.3) is 5.56 Å². The van der Waals surface area contributed by atoms with Crippen molar-refractivity contribution in [3.8, 4) is 22.7 Å². The summed E-state index contributed by atoms with van der Waals surface area (Å²) in [6.07, 6.45) is 3.07. The molecule has 0 bridgehead atoms. The summed E-state index contributed by atoms with van der Waals surface area (Å²) >= 11 is 0. The molecule has 35 heavy (non-hydrogen) atoms. The lowest BCUT2D eigenvalue weighted by Crippen LogP contribution is -2.42. The van der Waals surface area contributed by atoms with Crippen molar-refractivity contribution in [2.45, 2.75) is 19.4 Å². The largest absolute Gasteiger partial charge is 0.463 e. The summed E-state index contributed by atoms with van der Waals surface area (Å²) in [5, 5.41) is 16.0. The van der Waals surface area contributed by atoms with E-state index in [0.29, 0.717) is 24.5 Å². The number of nitrogens with one attached hydrogen (secondary N) is 1. The Labute approximate surface area is 202 Å². The summed E-state index contributed by atoms with van der Waals surface area (Å²) in [7, 11) is 0. The zero-order chi connectivity index (χ0) is 24.0. The standard InChI is InChI=1S/C26H26N6O3/c33-25-11-9-21(19-5-2-1-3-6-19)30-32(25)17-14-27-26(34)20-12-15-31(16-13-20)24-10-8-22(28-29-24)23-7-4-18-35-23/h1-11,18,20H,12-17H2,(H,27,34). The molecule has 1 amide bonds. The second kappa shape index (κ2) is 10.3. The summed E-state index contributed by atoms with van der Waals surface area (Å²) in [4.78, 5) is 27.0. The van der Waals surface area contributed by atoms with Crippen LogP contribution in [0.2, 0.25) is 0 Å². The monoisotopic (exact) mass is 470 g/mol. The molecule has 178 valence electrons. The topological polar surface area (TPSA) is 106 Å². The normalized spacial score (nSPS) is 14.1. The van der Waals surface area contributed by atoms with Gasteiger partial charge in [0.05, 0.1) is 18.5 Å². The third-order valence-corrected chi connectivity index (χ3v) is 6.17. The molecule has 4 aromatic rings. The Morgan fingerprint density at radius 2 is 1.74 bits per heavy atom. The molecule has 1 fully saturated rings. The first-order valence-electron chi connectivity index (χ1n) is 11.7. The van der Waals surface area contributed by atoms with Crippen LogP contribution in [-0.4, -0.2) is 45.5 Å². The van der Waals surface area contributed by atoms with Gasteiger partial charge in [-0.2, -0.15) is 5.10 Å². The molecule has 0 spiro atoms. The average Bonchev–Trinajstić information content (AvgIpc) is 3.46. The number of amides is 1. The van der Waals surface area contributed by atoms with E-state index >= 15 is 0 Å². The molecule has 3 aromatic heterocycles.